The minimum atomic E-state index is -0.344. The minimum absolute atomic E-state index is 0.0185. The number of nitrogens with zero attached hydrogens (tertiary/aromatic N) is 1. The van der Waals surface area contributed by atoms with Gasteiger partial charge in [-0.1, -0.05) is 48.0 Å². The molecule has 7 heteroatoms. The molecule has 0 bridgehead atoms. The normalized spacial score (nSPS) is 24.0. The second-order valence-electron chi connectivity index (χ2n) is 9.80. The van der Waals surface area contributed by atoms with Crippen LogP contribution in [0.2, 0.25) is 0 Å². The van der Waals surface area contributed by atoms with E-state index in [-0.39, 0.29) is 36.0 Å². The van der Waals surface area contributed by atoms with Gasteiger partial charge in [-0.25, -0.2) is 0 Å². The van der Waals surface area contributed by atoms with Crippen molar-refractivity contribution in [1.29, 1.82) is 0 Å². The van der Waals surface area contributed by atoms with Crippen LogP contribution in [0.15, 0.2) is 48.5 Å². The predicted molar refractivity (Wildman–Crippen MR) is 136 cm³/mol. The van der Waals surface area contributed by atoms with E-state index in [1.807, 2.05) is 6.07 Å². The molecule has 1 amide bonds. The highest BCUT2D eigenvalue weighted by atomic mass is 16.5. The van der Waals surface area contributed by atoms with Gasteiger partial charge in [-0.3, -0.25) is 14.5 Å². The summed E-state index contributed by atoms with van der Waals surface area (Å²) in [4.78, 5) is 30.5. The molecule has 0 radical (unpaired) electrons. The van der Waals surface area contributed by atoms with Crippen LogP contribution < -0.4 is 10.6 Å². The molecule has 2 aliphatic rings. The molecule has 1 fully saturated rings. The highest BCUT2D eigenvalue weighted by Gasteiger charge is 2.48. The first-order valence-corrected chi connectivity index (χ1v) is 12.5. The highest BCUT2D eigenvalue weighted by Crippen LogP contribution is 2.48. The molecule has 5 rings (SSSR count). The monoisotopic (exact) mass is 474 g/mol. The topological polar surface area (TPSA) is 86.5 Å². The fourth-order valence-electron chi connectivity index (χ4n) is 5.94. The van der Waals surface area contributed by atoms with Crippen molar-refractivity contribution in [2.24, 2.45) is 0 Å². The number of aryl methyl sites for hydroxylation is 1. The molecule has 3 aromatic rings. The van der Waals surface area contributed by atoms with Crippen LogP contribution in [0.5, 0.6) is 0 Å². The molecular formula is C28H34N4O3. The number of aromatic amines is 1. The minimum Gasteiger partial charge on any atom is -0.468 e. The Labute approximate surface area is 206 Å². The highest BCUT2D eigenvalue weighted by molar-refractivity contribution is 5.87. The number of benzene rings is 2. The quantitative estimate of drug-likeness (QED) is 0.376. The van der Waals surface area contributed by atoms with Crippen LogP contribution in [0.25, 0.3) is 10.9 Å². The van der Waals surface area contributed by atoms with Gasteiger partial charge in [-0.15, -0.1) is 0 Å². The van der Waals surface area contributed by atoms with Crippen LogP contribution in [0, 0.1) is 6.92 Å². The first-order chi connectivity index (χ1) is 17.0. The number of methoxy groups -OCH3 is 1. The first kappa shape index (κ1) is 23.6. The van der Waals surface area contributed by atoms with E-state index < -0.39 is 0 Å². The average Bonchev–Trinajstić information content (AvgIpc) is 3.24. The summed E-state index contributed by atoms with van der Waals surface area (Å²) >= 11 is 0. The number of amides is 1. The molecule has 4 atom stereocenters. The number of fused-ring (bicyclic) bond motifs is 5. The van der Waals surface area contributed by atoms with Crippen LogP contribution in [-0.2, 0) is 20.7 Å². The van der Waals surface area contributed by atoms with Crippen molar-refractivity contribution in [3.8, 4) is 0 Å². The fourth-order valence-corrected chi connectivity index (χ4v) is 5.94. The molecule has 1 aromatic heterocycles. The molecule has 7 nitrogen and oxygen atoms in total. The SMILES string of the molecule is COC(=O)[C@@H]1Cc2c([nH]c3ccccc23)[C@H]2C[C@@H](NCCNC(C)=O)C[C@@H](c3ccc(C)cc3)N21. The lowest BCUT2D eigenvalue weighted by atomic mass is 9.79. The number of piperidine rings is 1. The van der Waals surface area contributed by atoms with Crippen molar-refractivity contribution in [1.82, 2.24) is 20.5 Å². The third-order valence-corrected chi connectivity index (χ3v) is 7.54. The summed E-state index contributed by atoms with van der Waals surface area (Å²) in [6.45, 7) is 4.93. The number of carbonyl (C=O) groups excluding carboxylic acids is 2. The maximum atomic E-state index is 13.1. The van der Waals surface area contributed by atoms with Crippen LogP contribution >= 0.6 is 0 Å². The number of rotatable bonds is 6. The number of aromatic nitrogens is 1. The maximum absolute atomic E-state index is 13.1. The molecule has 3 N–H and O–H groups in total. The predicted octanol–water partition coefficient (Wildman–Crippen LogP) is 3.55. The lowest BCUT2D eigenvalue weighted by Gasteiger charge is -2.50. The van der Waals surface area contributed by atoms with E-state index in [2.05, 4.69) is 69.9 Å². The Morgan fingerprint density at radius 1 is 1.06 bits per heavy atom. The second-order valence-corrected chi connectivity index (χ2v) is 9.80. The van der Waals surface area contributed by atoms with Gasteiger partial charge in [-0.05, 0) is 37.0 Å². The van der Waals surface area contributed by atoms with Crippen LogP contribution in [0.3, 0.4) is 0 Å². The summed E-state index contributed by atoms with van der Waals surface area (Å²) in [7, 11) is 1.49. The summed E-state index contributed by atoms with van der Waals surface area (Å²) < 4.78 is 5.33. The number of carbonyl (C=O) groups is 2. The Balaban J connectivity index is 1.55. The maximum Gasteiger partial charge on any atom is 0.323 e. The van der Waals surface area contributed by atoms with Crippen LogP contribution in [0.4, 0.5) is 0 Å². The van der Waals surface area contributed by atoms with Gasteiger partial charge in [0.05, 0.1) is 13.2 Å². The number of esters is 1. The van der Waals surface area contributed by atoms with E-state index in [0.717, 1.165) is 18.4 Å². The van der Waals surface area contributed by atoms with Crippen molar-refractivity contribution in [2.75, 3.05) is 20.2 Å². The van der Waals surface area contributed by atoms with Gasteiger partial charge in [0.1, 0.15) is 6.04 Å². The molecule has 0 saturated carbocycles. The van der Waals surface area contributed by atoms with Crippen molar-refractivity contribution >= 4 is 22.8 Å². The first-order valence-electron chi connectivity index (χ1n) is 12.5. The Hall–Kier alpha value is -3.16. The summed E-state index contributed by atoms with van der Waals surface area (Å²) in [5.74, 6) is -0.199. The molecule has 0 unspecified atom stereocenters. The number of nitrogens with one attached hydrogen (secondary N) is 3. The zero-order chi connectivity index (χ0) is 24.5. The van der Waals surface area contributed by atoms with Crippen molar-refractivity contribution in [3.05, 3.63) is 70.9 Å². The Kier molecular flexibility index (Phi) is 6.62. The second kappa shape index (κ2) is 9.84. The van der Waals surface area contributed by atoms with Crippen LogP contribution in [-0.4, -0.2) is 54.0 Å². The summed E-state index contributed by atoms with van der Waals surface area (Å²) in [5, 5.41) is 7.73. The molecule has 2 aliphatic heterocycles. The van der Waals surface area contributed by atoms with Gasteiger partial charge in [0.25, 0.3) is 0 Å². The summed E-state index contributed by atoms with van der Waals surface area (Å²) in [6, 6.07) is 17.0. The molecule has 184 valence electrons. The van der Waals surface area contributed by atoms with E-state index in [4.69, 9.17) is 4.74 Å². The number of hydrogen-bond donors (Lipinski definition) is 3. The molecule has 2 aromatic carbocycles. The largest absolute Gasteiger partial charge is 0.468 e. The molecule has 1 saturated heterocycles. The zero-order valence-electron chi connectivity index (χ0n) is 20.6. The van der Waals surface area contributed by atoms with Gasteiger partial charge in [0, 0.05) is 55.1 Å². The van der Waals surface area contributed by atoms with E-state index >= 15 is 0 Å². The number of H-pyrrole nitrogens is 1. The third kappa shape index (κ3) is 4.58. The van der Waals surface area contributed by atoms with Gasteiger partial charge in [-0.2, -0.15) is 0 Å². The zero-order valence-corrected chi connectivity index (χ0v) is 20.6. The summed E-state index contributed by atoms with van der Waals surface area (Å²) in [5.41, 5.74) is 5.96. The molecule has 35 heavy (non-hydrogen) atoms. The lowest BCUT2D eigenvalue weighted by Crippen LogP contribution is -2.56. The third-order valence-electron chi connectivity index (χ3n) is 7.54. The number of para-hydroxylation sites is 1. The van der Waals surface area contributed by atoms with Gasteiger partial charge in [0.15, 0.2) is 0 Å². The van der Waals surface area contributed by atoms with E-state index in [1.165, 1.54) is 34.9 Å². The fraction of sp³-hybridized carbons (Fsp3) is 0.429. The van der Waals surface area contributed by atoms with Gasteiger partial charge < -0.3 is 20.4 Å². The number of hydrogen-bond acceptors (Lipinski definition) is 5. The van der Waals surface area contributed by atoms with Crippen molar-refractivity contribution in [3.63, 3.8) is 0 Å². The Morgan fingerprint density at radius 2 is 1.80 bits per heavy atom. The smallest absolute Gasteiger partial charge is 0.323 e. The van der Waals surface area contributed by atoms with Crippen molar-refractivity contribution in [2.45, 2.75) is 57.3 Å². The van der Waals surface area contributed by atoms with Gasteiger partial charge >= 0.3 is 5.97 Å². The van der Waals surface area contributed by atoms with Crippen molar-refractivity contribution < 1.29 is 14.3 Å². The van der Waals surface area contributed by atoms with E-state index in [0.29, 0.717) is 19.5 Å². The number of ether oxygens (including phenoxy) is 1. The van der Waals surface area contributed by atoms with E-state index in [1.54, 1.807) is 6.92 Å². The molecule has 0 aliphatic carbocycles. The van der Waals surface area contributed by atoms with Gasteiger partial charge in [0.2, 0.25) is 5.91 Å². The van der Waals surface area contributed by atoms with Crippen LogP contribution in [0.1, 0.15) is 54.2 Å². The lowest BCUT2D eigenvalue weighted by molar-refractivity contribution is -0.152. The van der Waals surface area contributed by atoms with E-state index in [9.17, 15) is 9.59 Å². The molecule has 3 heterocycles. The Morgan fingerprint density at radius 3 is 2.54 bits per heavy atom. The standard InChI is InChI=1S/C28H34N4O3/c1-17-8-10-19(11-9-17)24-14-20(30-13-12-29-18(2)33)15-25-27-22(16-26(32(24)25)28(34)35-3)21-6-4-5-7-23(21)31-27/h4-11,20,24-26,30-31H,12-16H2,1-3H3,(H,29,33)/t20-,24-,25+,26-/m0/s1. The summed E-state index contributed by atoms with van der Waals surface area (Å²) in [6.07, 6.45) is 2.38. The molecule has 0 spiro atoms. The molecular weight excluding hydrogens is 440 g/mol. The average molecular weight is 475 g/mol. The Bertz CT molecular complexity index is 1220.